The molecule has 0 spiro atoms. The van der Waals surface area contributed by atoms with Crippen LogP contribution in [0.1, 0.15) is 58.8 Å². The molecular weight excluding hydrogens is 258 g/mol. The van der Waals surface area contributed by atoms with Crippen LogP contribution in [0.5, 0.6) is 0 Å². The van der Waals surface area contributed by atoms with Gasteiger partial charge in [0.15, 0.2) is 0 Å². The van der Waals surface area contributed by atoms with Crippen molar-refractivity contribution >= 4 is 0 Å². The van der Waals surface area contributed by atoms with E-state index >= 15 is 0 Å². The van der Waals surface area contributed by atoms with Crippen molar-refractivity contribution in [3.8, 4) is 0 Å². The van der Waals surface area contributed by atoms with Gasteiger partial charge in [-0.2, -0.15) is 0 Å². The lowest BCUT2D eigenvalue weighted by Crippen LogP contribution is -2.67. The Kier molecular flexibility index (Phi) is 4.37. The quantitative estimate of drug-likeness (QED) is 0.849. The molecular formula is C18H35N3. The second kappa shape index (κ2) is 5.82. The summed E-state index contributed by atoms with van der Waals surface area (Å²) in [5.74, 6) is 0.874. The van der Waals surface area contributed by atoms with E-state index in [-0.39, 0.29) is 5.54 Å². The highest BCUT2D eigenvalue weighted by Crippen LogP contribution is 2.48. The van der Waals surface area contributed by atoms with Gasteiger partial charge < -0.3 is 10.6 Å². The third kappa shape index (κ3) is 2.55. The molecule has 21 heavy (non-hydrogen) atoms. The van der Waals surface area contributed by atoms with Crippen LogP contribution >= 0.6 is 0 Å². The molecule has 3 aliphatic rings. The Hall–Kier alpha value is -0.120. The zero-order valence-corrected chi connectivity index (χ0v) is 14.4. The van der Waals surface area contributed by atoms with Crippen LogP contribution in [0.25, 0.3) is 0 Å². The third-order valence-electron chi connectivity index (χ3n) is 7.19. The fourth-order valence-corrected chi connectivity index (χ4v) is 5.69. The number of likely N-dealkylation sites (tertiary alicyclic amines) is 2. The normalized spacial score (nSPS) is 41.7. The minimum Gasteiger partial charge on any atom is -0.329 e. The molecule has 0 bridgehead atoms. The Bertz CT molecular complexity index is 367. The molecule has 3 heteroatoms. The Balaban J connectivity index is 1.79. The second-order valence-electron chi connectivity index (χ2n) is 8.51. The van der Waals surface area contributed by atoms with Gasteiger partial charge in [0.25, 0.3) is 0 Å². The van der Waals surface area contributed by atoms with E-state index in [2.05, 4.69) is 30.7 Å². The molecule has 1 aliphatic carbocycles. The van der Waals surface area contributed by atoms with E-state index in [0.29, 0.717) is 5.41 Å². The average Bonchev–Trinajstić information content (AvgIpc) is 2.47. The van der Waals surface area contributed by atoms with Gasteiger partial charge in [-0.15, -0.1) is 0 Å². The van der Waals surface area contributed by atoms with Crippen LogP contribution in [-0.2, 0) is 0 Å². The fraction of sp³-hybridized carbons (Fsp3) is 1.00. The Morgan fingerprint density at radius 1 is 1.05 bits per heavy atom. The number of rotatable bonds is 2. The van der Waals surface area contributed by atoms with Crippen LogP contribution < -0.4 is 5.73 Å². The summed E-state index contributed by atoms with van der Waals surface area (Å²) in [5.41, 5.74) is 7.01. The Labute approximate surface area is 131 Å². The molecule has 3 rings (SSSR count). The van der Waals surface area contributed by atoms with Crippen molar-refractivity contribution in [1.82, 2.24) is 9.80 Å². The van der Waals surface area contributed by atoms with Crippen LogP contribution in [0.2, 0.25) is 0 Å². The molecule has 2 N–H and O–H groups in total. The molecule has 0 aromatic carbocycles. The summed E-state index contributed by atoms with van der Waals surface area (Å²) in [6, 6.07) is 0.830. The summed E-state index contributed by atoms with van der Waals surface area (Å²) in [6.07, 6.45) is 9.55. The van der Waals surface area contributed by atoms with E-state index in [1.165, 1.54) is 64.6 Å². The summed E-state index contributed by atoms with van der Waals surface area (Å²) in [5, 5.41) is 0. The van der Waals surface area contributed by atoms with E-state index in [1.54, 1.807) is 0 Å². The van der Waals surface area contributed by atoms with Crippen LogP contribution in [-0.4, -0.2) is 54.6 Å². The van der Waals surface area contributed by atoms with Gasteiger partial charge >= 0.3 is 0 Å². The van der Waals surface area contributed by atoms with Gasteiger partial charge in [0, 0.05) is 31.2 Å². The molecule has 0 amide bonds. The molecule has 0 radical (unpaired) electrons. The van der Waals surface area contributed by atoms with Crippen LogP contribution in [0.4, 0.5) is 0 Å². The van der Waals surface area contributed by atoms with Gasteiger partial charge in [-0.3, -0.25) is 4.90 Å². The topological polar surface area (TPSA) is 32.5 Å². The summed E-state index contributed by atoms with van der Waals surface area (Å²) >= 11 is 0. The maximum Gasteiger partial charge on any atom is 0.0382 e. The highest BCUT2D eigenvalue weighted by molar-refractivity contribution is 5.07. The minimum atomic E-state index is 0.256. The predicted octanol–water partition coefficient (Wildman–Crippen LogP) is 2.70. The second-order valence-corrected chi connectivity index (χ2v) is 8.51. The van der Waals surface area contributed by atoms with Gasteiger partial charge in [-0.1, -0.05) is 26.7 Å². The van der Waals surface area contributed by atoms with Gasteiger partial charge in [-0.25, -0.2) is 0 Å². The molecule has 2 heterocycles. The van der Waals surface area contributed by atoms with E-state index in [0.717, 1.165) is 18.5 Å². The number of nitrogens with two attached hydrogens (primary N) is 1. The van der Waals surface area contributed by atoms with E-state index < -0.39 is 0 Å². The number of nitrogens with zero attached hydrogens (tertiary/aromatic N) is 2. The maximum atomic E-state index is 6.39. The molecule has 2 saturated heterocycles. The largest absolute Gasteiger partial charge is 0.329 e. The highest BCUT2D eigenvalue weighted by atomic mass is 15.3. The van der Waals surface area contributed by atoms with Crippen molar-refractivity contribution in [2.75, 3.05) is 33.2 Å². The van der Waals surface area contributed by atoms with E-state index in [4.69, 9.17) is 5.73 Å². The molecule has 0 aromatic rings. The molecule has 0 aromatic heterocycles. The zero-order chi connectivity index (χ0) is 15.1. The molecule has 3 fully saturated rings. The first-order chi connectivity index (χ1) is 10.00. The van der Waals surface area contributed by atoms with Crippen LogP contribution in [0, 0.1) is 11.3 Å². The SMILES string of the molecule is CN1CCCC2CN(C3(CN)CCCCC3(C)C)CCC21. The average molecular weight is 293 g/mol. The van der Waals surface area contributed by atoms with Crippen molar-refractivity contribution in [2.24, 2.45) is 17.1 Å². The standard InChI is InChI=1S/C18H35N3/c1-17(2)9-4-5-10-18(17,14-19)21-12-8-16-15(13-21)7-6-11-20(16)3/h15-16H,4-14,19H2,1-3H3. The smallest absolute Gasteiger partial charge is 0.0382 e. The number of fused-ring (bicyclic) bond motifs is 1. The van der Waals surface area contributed by atoms with Crippen molar-refractivity contribution in [3.05, 3.63) is 0 Å². The highest BCUT2D eigenvalue weighted by Gasteiger charge is 2.51. The van der Waals surface area contributed by atoms with Crippen LogP contribution in [0.15, 0.2) is 0 Å². The van der Waals surface area contributed by atoms with Gasteiger partial charge in [0.1, 0.15) is 0 Å². The lowest BCUT2D eigenvalue weighted by atomic mass is 9.61. The molecule has 3 unspecified atom stereocenters. The summed E-state index contributed by atoms with van der Waals surface area (Å²) in [4.78, 5) is 5.44. The van der Waals surface area contributed by atoms with Crippen molar-refractivity contribution in [3.63, 3.8) is 0 Å². The van der Waals surface area contributed by atoms with Gasteiger partial charge in [0.2, 0.25) is 0 Å². The van der Waals surface area contributed by atoms with Gasteiger partial charge in [0.05, 0.1) is 0 Å². The van der Waals surface area contributed by atoms with Crippen molar-refractivity contribution in [2.45, 2.75) is 70.4 Å². The third-order valence-corrected chi connectivity index (χ3v) is 7.19. The first-order valence-corrected chi connectivity index (χ1v) is 9.15. The lowest BCUT2D eigenvalue weighted by Gasteiger charge is -2.59. The molecule has 122 valence electrons. The van der Waals surface area contributed by atoms with E-state index in [9.17, 15) is 0 Å². The number of hydrogen-bond donors (Lipinski definition) is 1. The first-order valence-electron chi connectivity index (χ1n) is 9.15. The summed E-state index contributed by atoms with van der Waals surface area (Å²) < 4.78 is 0. The van der Waals surface area contributed by atoms with Crippen molar-refractivity contribution < 1.29 is 0 Å². The van der Waals surface area contributed by atoms with Gasteiger partial charge in [-0.05, 0) is 57.0 Å². The number of piperidine rings is 2. The monoisotopic (exact) mass is 293 g/mol. The van der Waals surface area contributed by atoms with Crippen molar-refractivity contribution in [1.29, 1.82) is 0 Å². The maximum absolute atomic E-state index is 6.39. The van der Waals surface area contributed by atoms with Crippen LogP contribution in [0.3, 0.4) is 0 Å². The molecule has 2 aliphatic heterocycles. The summed E-state index contributed by atoms with van der Waals surface area (Å²) in [6.45, 7) is 9.62. The number of hydrogen-bond acceptors (Lipinski definition) is 3. The minimum absolute atomic E-state index is 0.256. The zero-order valence-electron chi connectivity index (χ0n) is 14.4. The first kappa shape index (κ1) is 15.8. The fourth-order valence-electron chi connectivity index (χ4n) is 5.69. The Morgan fingerprint density at radius 3 is 2.52 bits per heavy atom. The summed E-state index contributed by atoms with van der Waals surface area (Å²) in [7, 11) is 2.33. The van der Waals surface area contributed by atoms with E-state index in [1.807, 2.05) is 0 Å². The molecule has 1 saturated carbocycles. The molecule has 3 atom stereocenters. The Morgan fingerprint density at radius 2 is 1.81 bits per heavy atom. The molecule has 3 nitrogen and oxygen atoms in total. The lowest BCUT2D eigenvalue weighted by molar-refractivity contribution is -0.0848. The predicted molar refractivity (Wildman–Crippen MR) is 89.4 cm³/mol.